The molecule has 2 aromatic rings. The zero-order valence-corrected chi connectivity index (χ0v) is 14.3. The Morgan fingerprint density at radius 1 is 1.00 bits per heavy atom. The first-order chi connectivity index (χ1) is 12.6. The highest BCUT2D eigenvalue weighted by molar-refractivity contribution is 5.72. The Morgan fingerprint density at radius 3 is 2.12 bits per heavy atom. The summed E-state index contributed by atoms with van der Waals surface area (Å²) in [5.41, 5.74) is 1.65. The molecule has 1 amide bonds. The second kappa shape index (κ2) is 9.98. The van der Waals surface area contributed by atoms with Crippen LogP contribution in [-0.2, 0) is 27.5 Å². The number of hydrogen-bond acceptors (Lipinski definition) is 4. The van der Waals surface area contributed by atoms with E-state index in [0.29, 0.717) is 6.29 Å². The highest BCUT2D eigenvalue weighted by Crippen LogP contribution is 2.16. The lowest BCUT2D eigenvalue weighted by molar-refractivity contribution is -0.138. The topological polar surface area (TPSA) is 83.9 Å². The first-order valence-electron chi connectivity index (χ1n) is 8.27. The maximum atomic E-state index is 12.6. The third kappa shape index (κ3) is 6.05. The van der Waals surface area contributed by atoms with E-state index in [1.54, 1.807) is 0 Å². The number of hydrogen-bond donors (Lipinski definition) is 1. The molecule has 0 spiro atoms. The number of nitrogens with zero attached hydrogens (tertiary/aromatic N) is 1. The Labute approximate surface area is 152 Å². The Morgan fingerprint density at radius 2 is 1.58 bits per heavy atom. The van der Waals surface area contributed by atoms with Gasteiger partial charge in [0.2, 0.25) is 0 Å². The molecule has 1 N–H and O–H groups in total. The van der Waals surface area contributed by atoms with Gasteiger partial charge in [-0.3, -0.25) is 9.69 Å². The summed E-state index contributed by atoms with van der Waals surface area (Å²) in [6, 6.07) is 17.6. The number of benzene rings is 2. The van der Waals surface area contributed by atoms with Crippen LogP contribution in [0.2, 0.25) is 0 Å². The zero-order valence-electron chi connectivity index (χ0n) is 14.3. The van der Waals surface area contributed by atoms with Crippen molar-refractivity contribution in [2.75, 3.05) is 0 Å². The Kier molecular flexibility index (Phi) is 7.36. The second-order valence-corrected chi connectivity index (χ2v) is 5.81. The molecule has 0 radical (unpaired) electrons. The van der Waals surface area contributed by atoms with E-state index < -0.39 is 18.1 Å². The minimum absolute atomic E-state index is 0.0699. The highest BCUT2D eigenvalue weighted by Gasteiger charge is 2.27. The van der Waals surface area contributed by atoms with E-state index in [0.717, 1.165) is 11.1 Å². The number of aldehydes is 1. The number of carboxylic acids is 1. The van der Waals surface area contributed by atoms with Gasteiger partial charge in [0, 0.05) is 13.0 Å². The van der Waals surface area contributed by atoms with E-state index in [2.05, 4.69) is 0 Å². The van der Waals surface area contributed by atoms with Crippen LogP contribution in [0, 0.1) is 0 Å². The number of carbonyl (C=O) groups excluding carboxylic acids is 2. The fraction of sp³-hybridized carbons (Fsp3) is 0.250. The van der Waals surface area contributed by atoms with Crippen LogP contribution in [0.5, 0.6) is 0 Å². The molecule has 0 unspecified atom stereocenters. The van der Waals surface area contributed by atoms with E-state index in [1.807, 2.05) is 60.7 Å². The van der Waals surface area contributed by atoms with Crippen molar-refractivity contribution in [3.05, 3.63) is 71.8 Å². The predicted octanol–water partition coefficient (Wildman–Crippen LogP) is 3.26. The van der Waals surface area contributed by atoms with Crippen molar-refractivity contribution in [3.63, 3.8) is 0 Å². The molecule has 0 aromatic heterocycles. The van der Waals surface area contributed by atoms with E-state index in [9.17, 15) is 14.4 Å². The third-order valence-electron chi connectivity index (χ3n) is 3.85. The van der Waals surface area contributed by atoms with Crippen LogP contribution in [-0.4, -0.2) is 34.4 Å². The number of aliphatic carboxylic acids is 1. The van der Waals surface area contributed by atoms with Gasteiger partial charge in [-0.05, 0) is 11.1 Å². The van der Waals surface area contributed by atoms with Crippen LogP contribution in [0.1, 0.15) is 24.0 Å². The quantitative estimate of drug-likeness (QED) is 0.698. The maximum absolute atomic E-state index is 12.6. The molecular formula is C20H21NO5. The maximum Gasteiger partial charge on any atom is 0.410 e. The van der Waals surface area contributed by atoms with E-state index in [-0.39, 0.29) is 26.0 Å². The molecule has 0 bridgehead atoms. The first-order valence-corrected chi connectivity index (χ1v) is 8.27. The smallest absolute Gasteiger partial charge is 0.410 e. The van der Waals surface area contributed by atoms with E-state index >= 15 is 0 Å². The van der Waals surface area contributed by atoms with Crippen molar-refractivity contribution >= 4 is 18.3 Å². The van der Waals surface area contributed by atoms with Crippen LogP contribution < -0.4 is 0 Å². The van der Waals surface area contributed by atoms with Gasteiger partial charge < -0.3 is 14.6 Å². The summed E-state index contributed by atoms with van der Waals surface area (Å²) in [5.74, 6) is -1.08. The van der Waals surface area contributed by atoms with Crippen molar-refractivity contribution in [3.8, 4) is 0 Å². The average molecular weight is 355 g/mol. The van der Waals surface area contributed by atoms with Gasteiger partial charge in [-0.1, -0.05) is 60.7 Å². The van der Waals surface area contributed by atoms with Gasteiger partial charge in [-0.15, -0.1) is 0 Å². The zero-order chi connectivity index (χ0) is 18.8. The monoisotopic (exact) mass is 355 g/mol. The molecule has 26 heavy (non-hydrogen) atoms. The fourth-order valence-corrected chi connectivity index (χ4v) is 2.56. The summed E-state index contributed by atoms with van der Waals surface area (Å²) < 4.78 is 5.35. The number of ether oxygens (including phenoxy) is 1. The molecule has 6 nitrogen and oxygen atoms in total. The molecule has 0 heterocycles. The van der Waals surface area contributed by atoms with Gasteiger partial charge in [0.15, 0.2) is 0 Å². The Hall–Kier alpha value is -3.15. The predicted molar refractivity (Wildman–Crippen MR) is 95.3 cm³/mol. The molecule has 0 aliphatic carbocycles. The average Bonchev–Trinajstić information content (AvgIpc) is 2.65. The van der Waals surface area contributed by atoms with Crippen molar-refractivity contribution in [1.29, 1.82) is 0 Å². The molecule has 0 saturated heterocycles. The molecule has 0 saturated carbocycles. The van der Waals surface area contributed by atoms with Gasteiger partial charge in [0.25, 0.3) is 0 Å². The molecule has 2 rings (SSSR count). The first kappa shape index (κ1) is 19.2. The molecule has 6 heteroatoms. The Bertz CT molecular complexity index is 717. The standard InChI is InChI=1S/C20H21NO5/c22-12-11-18(13-19(23)24)21(14-16-7-3-1-4-8-16)20(25)26-15-17-9-5-2-6-10-17/h1-10,12,18H,11,13-15H2,(H,23,24)/t18-/m0/s1. The second-order valence-electron chi connectivity index (χ2n) is 5.81. The summed E-state index contributed by atoms with van der Waals surface area (Å²) in [5, 5.41) is 9.12. The highest BCUT2D eigenvalue weighted by atomic mass is 16.6. The van der Waals surface area contributed by atoms with Crippen LogP contribution in [0.4, 0.5) is 4.79 Å². The molecule has 0 aliphatic rings. The summed E-state index contributed by atoms with van der Waals surface area (Å²) in [4.78, 5) is 36.1. The van der Waals surface area contributed by atoms with Crippen molar-refractivity contribution in [2.45, 2.75) is 32.0 Å². The summed E-state index contributed by atoms with van der Waals surface area (Å²) in [6.07, 6.45) is -0.424. The molecule has 136 valence electrons. The van der Waals surface area contributed by atoms with Gasteiger partial charge in [0.05, 0.1) is 12.5 Å². The lowest BCUT2D eigenvalue weighted by atomic mass is 10.1. The van der Waals surface area contributed by atoms with E-state index in [1.165, 1.54) is 4.90 Å². The minimum atomic E-state index is -1.08. The fourth-order valence-electron chi connectivity index (χ4n) is 2.56. The van der Waals surface area contributed by atoms with Gasteiger partial charge in [-0.25, -0.2) is 4.79 Å². The number of amides is 1. The van der Waals surface area contributed by atoms with Crippen LogP contribution >= 0.6 is 0 Å². The van der Waals surface area contributed by atoms with Gasteiger partial charge >= 0.3 is 12.1 Å². The molecule has 2 aromatic carbocycles. The number of carbonyl (C=O) groups is 3. The normalized spacial score (nSPS) is 11.4. The van der Waals surface area contributed by atoms with Crippen molar-refractivity contribution in [1.82, 2.24) is 4.90 Å². The third-order valence-corrected chi connectivity index (χ3v) is 3.85. The summed E-state index contributed by atoms with van der Waals surface area (Å²) in [7, 11) is 0. The summed E-state index contributed by atoms with van der Waals surface area (Å²) >= 11 is 0. The van der Waals surface area contributed by atoms with Gasteiger partial charge in [-0.2, -0.15) is 0 Å². The minimum Gasteiger partial charge on any atom is -0.481 e. The number of carboxylic acid groups (broad SMARTS) is 1. The SMILES string of the molecule is O=CC[C@@H](CC(=O)O)N(Cc1ccccc1)C(=O)OCc1ccccc1. The van der Waals surface area contributed by atoms with Crippen LogP contribution in [0.15, 0.2) is 60.7 Å². The number of rotatable bonds is 9. The molecule has 1 atom stereocenters. The molecule has 0 aliphatic heterocycles. The van der Waals surface area contributed by atoms with Crippen molar-refractivity contribution < 1.29 is 24.2 Å². The largest absolute Gasteiger partial charge is 0.481 e. The molecule has 0 fully saturated rings. The van der Waals surface area contributed by atoms with Crippen LogP contribution in [0.3, 0.4) is 0 Å². The van der Waals surface area contributed by atoms with E-state index in [4.69, 9.17) is 9.84 Å². The van der Waals surface area contributed by atoms with Gasteiger partial charge in [0.1, 0.15) is 12.9 Å². The summed E-state index contributed by atoms with van der Waals surface area (Å²) in [6.45, 7) is 0.242. The lowest BCUT2D eigenvalue weighted by Gasteiger charge is -2.29. The Balaban J connectivity index is 2.15. The van der Waals surface area contributed by atoms with Crippen LogP contribution in [0.25, 0.3) is 0 Å². The lowest BCUT2D eigenvalue weighted by Crippen LogP contribution is -2.41. The molecular weight excluding hydrogens is 334 g/mol. The van der Waals surface area contributed by atoms with Crippen molar-refractivity contribution in [2.24, 2.45) is 0 Å².